The zero-order chi connectivity index (χ0) is 20.0. The fourth-order valence-electron chi connectivity index (χ4n) is 2.85. The van der Waals surface area contributed by atoms with Crippen LogP contribution in [0.5, 0.6) is 0 Å². The van der Waals surface area contributed by atoms with Gasteiger partial charge in [-0.25, -0.2) is 0 Å². The third-order valence-corrected chi connectivity index (χ3v) is 4.27. The average Bonchev–Trinajstić information content (AvgIpc) is 2.53. The van der Waals surface area contributed by atoms with Crippen molar-refractivity contribution in [3.05, 3.63) is 70.8 Å². The largest absolute Gasteiger partial charge is 0.460 e. The molecule has 0 heterocycles. The first kappa shape index (κ1) is 20.2. The van der Waals surface area contributed by atoms with E-state index in [1.54, 1.807) is 0 Å². The molecule has 0 spiro atoms. The Bertz CT molecular complexity index is 751. The first-order chi connectivity index (χ1) is 11.8. The van der Waals surface area contributed by atoms with Crippen LogP contribution < -0.4 is 0 Å². The molecule has 0 aliphatic heterocycles. The predicted octanol–water partition coefficient (Wildman–Crippen LogP) is 5.37. The van der Waals surface area contributed by atoms with Crippen molar-refractivity contribution in [2.24, 2.45) is 0 Å². The normalized spacial score (nSPS) is 13.8. The summed E-state index contributed by atoms with van der Waals surface area (Å²) in [5.74, 6) is -12.4. The molecule has 0 radical (unpaired) electrons. The fourth-order valence-corrected chi connectivity index (χ4v) is 2.85. The van der Waals surface area contributed by atoms with E-state index in [1.165, 1.54) is 50.2 Å². The van der Waals surface area contributed by atoms with Crippen molar-refractivity contribution in [3.63, 3.8) is 0 Å². The van der Waals surface area contributed by atoms with Gasteiger partial charge in [-0.3, -0.25) is 0 Å². The van der Waals surface area contributed by atoms with Crippen molar-refractivity contribution >= 4 is 0 Å². The molecule has 0 aliphatic rings. The van der Waals surface area contributed by atoms with E-state index in [1.807, 2.05) is 0 Å². The van der Waals surface area contributed by atoms with Crippen LogP contribution in [-0.2, 0) is 5.60 Å². The summed E-state index contributed by atoms with van der Waals surface area (Å²) < 4.78 is 95.4. The van der Waals surface area contributed by atoms with Gasteiger partial charge in [-0.1, -0.05) is 48.5 Å². The van der Waals surface area contributed by atoms with Crippen LogP contribution in [0.1, 0.15) is 22.3 Å². The maximum absolute atomic E-state index is 14.8. The van der Waals surface area contributed by atoms with Crippen LogP contribution >= 0.6 is 0 Å². The van der Waals surface area contributed by atoms with Crippen molar-refractivity contribution in [1.82, 2.24) is 0 Å². The van der Waals surface area contributed by atoms with E-state index in [9.17, 15) is 35.8 Å². The summed E-state index contributed by atoms with van der Waals surface area (Å²) >= 11 is 0. The molecule has 1 nitrogen and oxygen atoms in total. The molecule has 1 N–H and O–H groups in total. The first-order valence-electron chi connectivity index (χ1n) is 7.45. The molecule has 0 bridgehead atoms. The minimum absolute atomic E-state index is 0.0593. The first-order valence-corrected chi connectivity index (χ1v) is 7.45. The number of hydrogen-bond donors (Lipinski definition) is 1. The van der Waals surface area contributed by atoms with Gasteiger partial charge in [0, 0.05) is 0 Å². The molecule has 2 rings (SSSR count). The van der Waals surface area contributed by atoms with Crippen LogP contribution in [0.2, 0.25) is 0 Å². The second kappa shape index (κ2) is 6.26. The summed E-state index contributed by atoms with van der Waals surface area (Å²) in [7, 11) is 0. The van der Waals surface area contributed by atoms with Gasteiger partial charge in [0.25, 0.3) is 0 Å². The second-order valence-electron chi connectivity index (χ2n) is 5.99. The standard InChI is InChI=1S/C18H15F7O/c1-11-7-3-5-9-13(11)15(26,14-10-6-4-8-12(14)2)16(19,20)17(21,22)18(23,24)25/h3-10,26H,1-2H3. The molecule has 2 aromatic carbocycles. The van der Waals surface area contributed by atoms with Crippen LogP contribution in [0.3, 0.4) is 0 Å². The molecule has 0 aliphatic carbocycles. The van der Waals surface area contributed by atoms with Crippen LogP contribution in [0, 0.1) is 13.8 Å². The quantitative estimate of drug-likeness (QED) is 0.707. The maximum atomic E-state index is 14.8. The van der Waals surface area contributed by atoms with Gasteiger partial charge < -0.3 is 5.11 Å². The minimum atomic E-state index is -6.56. The van der Waals surface area contributed by atoms with Gasteiger partial charge in [0.2, 0.25) is 0 Å². The number of hydrogen-bond acceptors (Lipinski definition) is 1. The second-order valence-corrected chi connectivity index (χ2v) is 5.99. The average molecular weight is 380 g/mol. The summed E-state index contributed by atoms with van der Waals surface area (Å²) in [4.78, 5) is 0. The van der Waals surface area contributed by atoms with Crippen molar-refractivity contribution in [1.29, 1.82) is 0 Å². The van der Waals surface area contributed by atoms with Gasteiger partial charge in [0.15, 0.2) is 5.60 Å². The lowest BCUT2D eigenvalue weighted by atomic mass is 9.75. The molecule has 0 amide bonds. The monoisotopic (exact) mass is 380 g/mol. The van der Waals surface area contributed by atoms with E-state index in [0.717, 1.165) is 12.1 Å². The molecule has 0 aromatic heterocycles. The Morgan fingerprint density at radius 3 is 1.27 bits per heavy atom. The lowest BCUT2D eigenvalue weighted by Crippen LogP contribution is -2.63. The maximum Gasteiger partial charge on any atom is 0.460 e. The minimum Gasteiger partial charge on any atom is -0.374 e. The summed E-state index contributed by atoms with van der Waals surface area (Å²) in [5.41, 5.74) is -5.49. The third kappa shape index (κ3) is 2.76. The molecule has 0 fully saturated rings. The smallest absolute Gasteiger partial charge is 0.374 e. The lowest BCUT2D eigenvalue weighted by molar-refractivity contribution is -0.385. The Kier molecular flexibility index (Phi) is 4.87. The van der Waals surface area contributed by atoms with Crippen molar-refractivity contribution in [2.45, 2.75) is 37.5 Å². The Hall–Kier alpha value is -2.09. The molecular formula is C18H15F7O. The third-order valence-electron chi connectivity index (χ3n) is 4.27. The highest BCUT2D eigenvalue weighted by Crippen LogP contribution is 2.57. The lowest BCUT2D eigenvalue weighted by Gasteiger charge is -2.42. The summed E-state index contributed by atoms with van der Waals surface area (Å²) in [6, 6.07) is 9.40. The topological polar surface area (TPSA) is 20.2 Å². The fraction of sp³-hybridized carbons (Fsp3) is 0.333. The van der Waals surface area contributed by atoms with E-state index >= 15 is 0 Å². The predicted molar refractivity (Wildman–Crippen MR) is 81.3 cm³/mol. The van der Waals surface area contributed by atoms with E-state index < -0.39 is 34.7 Å². The van der Waals surface area contributed by atoms with E-state index in [0.29, 0.717) is 0 Å². The van der Waals surface area contributed by atoms with Gasteiger partial charge in [-0.2, -0.15) is 30.7 Å². The van der Waals surface area contributed by atoms with Crippen molar-refractivity contribution < 1.29 is 35.8 Å². The number of halogens is 7. The number of benzene rings is 2. The summed E-state index contributed by atoms with van der Waals surface area (Å²) in [6.45, 7) is 2.47. The molecule has 0 saturated heterocycles. The number of alkyl halides is 7. The van der Waals surface area contributed by atoms with Crippen LogP contribution in [0.4, 0.5) is 30.7 Å². The summed E-state index contributed by atoms with van der Waals surface area (Å²) in [5, 5.41) is 10.8. The number of aliphatic hydroxyl groups is 1. The van der Waals surface area contributed by atoms with Crippen molar-refractivity contribution in [2.75, 3.05) is 0 Å². The Morgan fingerprint density at radius 1 is 0.615 bits per heavy atom. The van der Waals surface area contributed by atoms with E-state index in [2.05, 4.69) is 0 Å². The van der Waals surface area contributed by atoms with Crippen molar-refractivity contribution in [3.8, 4) is 0 Å². The zero-order valence-electron chi connectivity index (χ0n) is 13.7. The Labute approximate surface area is 145 Å². The Morgan fingerprint density at radius 2 is 0.962 bits per heavy atom. The molecule has 0 atom stereocenters. The molecule has 0 saturated carbocycles. The van der Waals surface area contributed by atoms with Gasteiger partial charge in [0.05, 0.1) is 0 Å². The van der Waals surface area contributed by atoms with Crippen LogP contribution in [-0.4, -0.2) is 23.1 Å². The molecular weight excluding hydrogens is 365 g/mol. The van der Waals surface area contributed by atoms with Crippen LogP contribution in [0.15, 0.2) is 48.5 Å². The van der Waals surface area contributed by atoms with Gasteiger partial charge in [0.1, 0.15) is 0 Å². The number of rotatable bonds is 4. The zero-order valence-corrected chi connectivity index (χ0v) is 13.7. The molecule has 0 unspecified atom stereocenters. The highest BCUT2D eigenvalue weighted by atomic mass is 19.4. The number of aryl methyl sites for hydroxylation is 2. The highest BCUT2D eigenvalue weighted by Gasteiger charge is 2.80. The van der Waals surface area contributed by atoms with Gasteiger partial charge in [-0.05, 0) is 36.1 Å². The summed E-state index contributed by atoms with van der Waals surface area (Å²) in [6.07, 6.45) is -6.56. The van der Waals surface area contributed by atoms with Crippen LogP contribution in [0.25, 0.3) is 0 Å². The molecule has 142 valence electrons. The van der Waals surface area contributed by atoms with Gasteiger partial charge in [-0.15, -0.1) is 0 Å². The highest BCUT2D eigenvalue weighted by molar-refractivity contribution is 5.47. The van der Waals surface area contributed by atoms with E-state index in [4.69, 9.17) is 0 Å². The molecule has 2 aromatic rings. The Balaban J connectivity index is 2.91. The molecule has 8 heteroatoms. The molecule has 26 heavy (non-hydrogen) atoms. The SMILES string of the molecule is Cc1ccccc1C(O)(c1ccccc1C)C(F)(F)C(F)(F)C(F)(F)F. The van der Waals surface area contributed by atoms with Gasteiger partial charge >= 0.3 is 18.0 Å². The van der Waals surface area contributed by atoms with E-state index in [-0.39, 0.29) is 11.1 Å².